The molecule has 4 heteroatoms. The summed E-state index contributed by atoms with van der Waals surface area (Å²) in [7, 11) is 0. The molecule has 0 spiro atoms. The number of anilines is 1. The Labute approximate surface area is 130 Å². The molecule has 2 aromatic rings. The van der Waals surface area contributed by atoms with E-state index in [9.17, 15) is 0 Å². The van der Waals surface area contributed by atoms with Crippen LogP contribution in [0.4, 0.5) is 5.82 Å². The highest BCUT2D eigenvalue weighted by Crippen LogP contribution is 2.44. The van der Waals surface area contributed by atoms with E-state index in [4.69, 9.17) is 9.97 Å². The van der Waals surface area contributed by atoms with Crippen LogP contribution in [0.15, 0.2) is 0 Å². The number of fused-ring (bicyclic) bond motifs is 3. The monoisotopic (exact) mass is 301 g/mol. The molecule has 0 unspecified atom stereocenters. The second kappa shape index (κ2) is 5.24. The molecule has 2 aromatic heterocycles. The van der Waals surface area contributed by atoms with E-state index in [0.29, 0.717) is 5.92 Å². The maximum atomic E-state index is 5.01. The van der Waals surface area contributed by atoms with Crippen molar-refractivity contribution in [3.63, 3.8) is 0 Å². The van der Waals surface area contributed by atoms with Gasteiger partial charge in [0.2, 0.25) is 0 Å². The highest BCUT2D eigenvalue weighted by molar-refractivity contribution is 7.19. The number of aromatic nitrogens is 2. The Morgan fingerprint density at radius 2 is 1.86 bits per heavy atom. The van der Waals surface area contributed by atoms with Gasteiger partial charge in [-0.2, -0.15) is 0 Å². The molecule has 2 aliphatic carbocycles. The largest absolute Gasteiger partial charge is 0.357 e. The molecule has 0 amide bonds. The summed E-state index contributed by atoms with van der Waals surface area (Å²) in [5.41, 5.74) is 1.56. The van der Waals surface area contributed by atoms with E-state index in [0.717, 1.165) is 18.9 Å². The summed E-state index contributed by atoms with van der Waals surface area (Å²) in [6.45, 7) is 6.51. The molecule has 0 saturated heterocycles. The van der Waals surface area contributed by atoms with E-state index in [2.05, 4.69) is 18.7 Å². The summed E-state index contributed by atoms with van der Waals surface area (Å²) in [5.74, 6) is 2.94. The first kappa shape index (κ1) is 13.5. The second-order valence-corrected chi connectivity index (χ2v) is 7.33. The van der Waals surface area contributed by atoms with Gasteiger partial charge in [0.25, 0.3) is 0 Å². The first-order valence-electron chi connectivity index (χ1n) is 8.39. The Bertz CT molecular complexity index is 668. The number of hydrogen-bond acceptors (Lipinski definition) is 4. The smallest absolute Gasteiger partial charge is 0.141 e. The lowest BCUT2D eigenvalue weighted by molar-refractivity contribution is 0.699. The molecule has 0 N–H and O–H groups in total. The van der Waals surface area contributed by atoms with Crippen molar-refractivity contribution in [2.45, 2.75) is 58.3 Å². The first-order chi connectivity index (χ1) is 10.3. The van der Waals surface area contributed by atoms with Gasteiger partial charge in [-0.15, -0.1) is 11.3 Å². The van der Waals surface area contributed by atoms with Gasteiger partial charge >= 0.3 is 0 Å². The van der Waals surface area contributed by atoms with Gasteiger partial charge in [-0.05, 0) is 57.9 Å². The van der Waals surface area contributed by atoms with Crippen molar-refractivity contribution in [2.24, 2.45) is 0 Å². The highest BCUT2D eigenvalue weighted by Gasteiger charge is 2.30. The number of hydrogen-bond donors (Lipinski definition) is 0. The van der Waals surface area contributed by atoms with Crippen LogP contribution >= 0.6 is 11.3 Å². The minimum Gasteiger partial charge on any atom is -0.357 e. The molecule has 0 bridgehead atoms. The van der Waals surface area contributed by atoms with Crippen LogP contribution in [0, 0.1) is 0 Å². The van der Waals surface area contributed by atoms with Gasteiger partial charge in [-0.25, -0.2) is 9.97 Å². The van der Waals surface area contributed by atoms with Crippen molar-refractivity contribution < 1.29 is 0 Å². The van der Waals surface area contributed by atoms with Crippen LogP contribution in [-0.4, -0.2) is 23.1 Å². The molecule has 0 atom stereocenters. The third-order valence-corrected chi connectivity index (χ3v) is 6.00. The lowest BCUT2D eigenvalue weighted by atomic mass is 9.97. The highest BCUT2D eigenvalue weighted by atomic mass is 32.1. The maximum Gasteiger partial charge on any atom is 0.141 e. The van der Waals surface area contributed by atoms with E-state index >= 15 is 0 Å². The molecule has 4 rings (SSSR count). The van der Waals surface area contributed by atoms with Gasteiger partial charge < -0.3 is 4.90 Å². The summed E-state index contributed by atoms with van der Waals surface area (Å²) in [5, 5.41) is 1.38. The average Bonchev–Trinajstić information content (AvgIpc) is 3.29. The van der Waals surface area contributed by atoms with Crippen LogP contribution in [0.25, 0.3) is 10.2 Å². The Hall–Kier alpha value is -1.16. The molecule has 21 heavy (non-hydrogen) atoms. The summed E-state index contributed by atoms with van der Waals surface area (Å²) >= 11 is 1.93. The predicted octanol–water partition coefficient (Wildman–Crippen LogP) is 4.29. The minimum atomic E-state index is 0.628. The van der Waals surface area contributed by atoms with Crippen molar-refractivity contribution >= 4 is 27.4 Å². The van der Waals surface area contributed by atoms with Crippen LogP contribution in [0.3, 0.4) is 0 Å². The fraction of sp³-hybridized carbons (Fsp3) is 0.647. The number of nitrogens with zero attached hydrogens (tertiary/aromatic N) is 3. The minimum absolute atomic E-state index is 0.628. The van der Waals surface area contributed by atoms with Gasteiger partial charge in [0.1, 0.15) is 16.5 Å². The van der Waals surface area contributed by atoms with Gasteiger partial charge in [0, 0.05) is 23.9 Å². The molecule has 0 radical (unpaired) electrons. The second-order valence-electron chi connectivity index (χ2n) is 6.24. The zero-order chi connectivity index (χ0) is 14.4. The Morgan fingerprint density at radius 3 is 2.57 bits per heavy atom. The van der Waals surface area contributed by atoms with E-state index in [1.165, 1.54) is 54.6 Å². The number of thiophene rings is 1. The molecule has 0 aliphatic heterocycles. The van der Waals surface area contributed by atoms with E-state index in [1.807, 2.05) is 11.3 Å². The van der Waals surface area contributed by atoms with Crippen LogP contribution in [0.2, 0.25) is 0 Å². The van der Waals surface area contributed by atoms with Crippen LogP contribution in [-0.2, 0) is 12.8 Å². The molecule has 0 aromatic carbocycles. The first-order valence-corrected chi connectivity index (χ1v) is 9.20. The standard InChI is InChI=1S/C17H23N3S/c1-3-20(4-2)16-14-12-7-5-6-8-13(12)21-17(14)19-15(18-16)11-9-10-11/h11H,3-10H2,1-2H3. The Morgan fingerprint density at radius 1 is 1.10 bits per heavy atom. The van der Waals surface area contributed by atoms with Crippen molar-refractivity contribution in [1.29, 1.82) is 0 Å². The summed E-state index contributed by atoms with van der Waals surface area (Å²) in [6.07, 6.45) is 7.66. The topological polar surface area (TPSA) is 29.0 Å². The van der Waals surface area contributed by atoms with Crippen LogP contribution < -0.4 is 4.90 Å². The lowest BCUT2D eigenvalue weighted by Gasteiger charge is -2.22. The fourth-order valence-electron chi connectivity index (χ4n) is 3.43. The average molecular weight is 301 g/mol. The molecule has 1 fully saturated rings. The quantitative estimate of drug-likeness (QED) is 0.843. The van der Waals surface area contributed by atoms with E-state index in [1.54, 1.807) is 10.4 Å². The van der Waals surface area contributed by atoms with Gasteiger partial charge in [0.05, 0.1) is 5.39 Å². The summed E-state index contributed by atoms with van der Waals surface area (Å²) in [6, 6.07) is 0. The molecular weight excluding hydrogens is 278 g/mol. The van der Waals surface area contributed by atoms with Gasteiger partial charge in [-0.1, -0.05) is 0 Å². The van der Waals surface area contributed by atoms with Crippen molar-refractivity contribution in [1.82, 2.24) is 9.97 Å². The third kappa shape index (κ3) is 2.24. The van der Waals surface area contributed by atoms with Crippen LogP contribution in [0.5, 0.6) is 0 Å². The van der Waals surface area contributed by atoms with E-state index < -0.39 is 0 Å². The van der Waals surface area contributed by atoms with E-state index in [-0.39, 0.29) is 0 Å². The Balaban J connectivity index is 1.95. The zero-order valence-corrected chi connectivity index (χ0v) is 13.8. The van der Waals surface area contributed by atoms with Gasteiger partial charge in [-0.3, -0.25) is 0 Å². The molecule has 3 nitrogen and oxygen atoms in total. The van der Waals surface area contributed by atoms with Crippen molar-refractivity contribution in [2.75, 3.05) is 18.0 Å². The maximum absolute atomic E-state index is 5.01. The summed E-state index contributed by atoms with van der Waals surface area (Å²) < 4.78 is 0. The predicted molar refractivity (Wildman–Crippen MR) is 89.6 cm³/mol. The number of aryl methyl sites for hydroxylation is 2. The zero-order valence-electron chi connectivity index (χ0n) is 13.0. The molecule has 2 heterocycles. The lowest BCUT2D eigenvalue weighted by Crippen LogP contribution is -2.24. The Kier molecular flexibility index (Phi) is 3.37. The number of rotatable bonds is 4. The van der Waals surface area contributed by atoms with Crippen molar-refractivity contribution in [3.8, 4) is 0 Å². The van der Waals surface area contributed by atoms with Crippen molar-refractivity contribution in [3.05, 3.63) is 16.3 Å². The normalized spacial score (nSPS) is 18.0. The van der Waals surface area contributed by atoms with Crippen LogP contribution in [0.1, 0.15) is 61.7 Å². The fourth-order valence-corrected chi connectivity index (χ4v) is 4.69. The molecule has 2 aliphatic rings. The molecule has 1 saturated carbocycles. The third-order valence-electron chi connectivity index (χ3n) is 4.82. The van der Waals surface area contributed by atoms with Gasteiger partial charge in [0.15, 0.2) is 0 Å². The molecule has 112 valence electrons. The SMILES string of the molecule is CCN(CC)c1nc(C2CC2)nc2sc3c(c12)CCCC3. The molecular formula is C17H23N3S. The summed E-state index contributed by atoms with van der Waals surface area (Å²) in [4.78, 5) is 15.2.